The van der Waals surface area contributed by atoms with E-state index < -0.39 is 21.8 Å². The van der Waals surface area contributed by atoms with E-state index in [0.717, 1.165) is 12.8 Å². The van der Waals surface area contributed by atoms with Crippen LogP contribution < -0.4 is 11.1 Å². The van der Waals surface area contributed by atoms with Gasteiger partial charge in [-0.15, -0.1) is 0 Å². The zero-order valence-corrected chi connectivity index (χ0v) is 10.7. The Morgan fingerprint density at radius 3 is 2.71 bits per heavy atom. The van der Waals surface area contributed by atoms with Crippen LogP contribution in [0.3, 0.4) is 0 Å². The van der Waals surface area contributed by atoms with Gasteiger partial charge in [0.05, 0.1) is 5.25 Å². The van der Waals surface area contributed by atoms with Crippen LogP contribution >= 0.6 is 0 Å². The molecule has 0 spiro atoms. The molecule has 1 saturated carbocycles. The average molecular weight is 264 g/mol. The lowest BCUT2D eigenvalue weighted by Gasteiger charge is -2.29. The zero-order chi connectivity index (χ0) is 13.1. The van der Waals surface area contributed by atoms with Gasteiger partial charge in [-0.1, -0.05) is 6.42 Å². The third-order valence-electron chi connectivity index (χ3n) is 3.16. The fourth-order valence-electron chi connectivity index (χ4n) is 2.10. The van der Waals surface area contributed by atoms with Gasteiger partial charge in [0, 0.05) is 18.8 Å². The SMILES string of the molecule is CS(=O)(=O)C1CCCC(NCC(O)C(N)=O)C1. The molecule has 0 aromatic rings. The van der Waals surface area contributed by atoms with E-state index in [0.29, 0.717) is 12.8 Å². The molecule has 0 heterocycles. The van der Waals surface area contributed by atoms with Crippen molar-refractivity contribution in [2.45, 2.75) is 43.1 Å². The Kier molecular flexibility index (Phi) is 4.91. The summed E-state index contributed by atoms with van der Waals surface area (Å²) in [6.07, 6.45) is 2.95. The molecule has 0 bridgehead atoms. The minimum absolute atomic E-state index is 0.0254. The maximum absolute atomic E-state index is 11.4. The molecule has 17 heavy (non-hydrogen) atoms. The molecule has 1 amide bonds. The van der Waals surface area contributed by atoms with Crippen molar-refractivity contribution in [3.63, 3.8) is 0 Å². The Bertz CT molecular complexity index is 369. The molecule has 100 valence electrons. The first kappa shape index (κ1) is 14.4. The Morgan fingerprint density at radius 1 is 1.53 bits per heavy atom. The molecule has 0 aliphatic heterocycles. The van der Waals surface area contributed by atoms with Gasteiger partial charge in [0.2, 0.25) is 5.91 Å². The smallest absolute Gasteiger partial charge is 0.247 e. The normalized spacial score (nSPS) is 27.6. The third-order valence-corrected chi connectivity index (χ3v) is 4.80. The van der Waals surface area contributed by atoms with Crippen molar-refractivity contribution in [3.05, 3.63) is 0 Å². The van der Waals surface area contributed by atoms with Crippen LogP contribution in [0.15, 0.2) is 0 Å². The number of amides is 1. The lowest BCUT2D eigenvalue weighted by Crippen LogP contribution is -2.45. The fraction of sp³-hybridized carbons (Fsp3) is 0.900. The Morgan fingerprint density at radius 2 is 2.18 bits per heavy atom. The molecule has 1 rings (SSSR count). The highest BCUT2D eigenvalue weighted by Crippen LogP contribution is 2.23. The molecule has 3 atom stereocenters. The highest BCUT2D eigenvalue weighted by Gasteiger charge is 2.29. The summed E-state index contributed by atoms with van der Waals surface area (Å²) in [7, 11) is -3.01. The molecule has 7 heteroatoms. The number of carbonyl (C=O) groups is 1. The van der Waals surface area contributed by atoms with Gasteiger partial charge in [0.25, 0.3) is 0 Å². The van der Waals surface area contributed by atoms with Crippen molar-refractivity contribution in [2.75, 3.05) is 12.8 Å². The van der Waals surface area contributed by atoms with E-state index in [1.54, 1.807) is 0 Å². The summed E-state index contributed by atoms with van der Waals surface area (Å²) in [5.74, 6) is -0.770. The maximum atomic E-state index is 11.4. The fourth-order valence-corrected chi connectivity index (χ4v) is 3.27. The van der Waals surface area contributed by atoms with E-state index in [2.05, 4.69) is 5.32 Å². The topological polar surface area (TPSA) is 109 Å². The number of aliphatic hydroxyl groups excluding tert-OH is 1. The predicted octanol–water partition coefficient (Wildman–Crippen LogP) is -1.22. The average Bonchev–Trinajstić information content (AvgIpc) is 2.25. The Labute approximate surface area is 101 Å². The number of carbonyl (C=O) groups excluding carboxylic acids is 1. The van der Waals surface area contributed by atoms with Crippen molar-refractivity contribution in [2.24, 2.45) is 5.73 Å². The van der Waals surface area contributed by atoms with Gasteiger partial charge >= 0.3 is 0 Å². The number of hydrogen-bond acceptors (Lipinski definition) is 5. The van der Waals surface area contributed by atoms with Crippen molar-refractivity contribution >= 4 is 15.7 Å². The standard InChI is InChI=1S/C10H20N2O4S/c1-17(15,16)8-4-2-3-7(5-8)12-6-9(13)10(11)14/h7-9,12-13H,2-6H2,1H3,(H2,11,14). The molecule has 1 aliphatic rings. The molecule has 0 aromatic carbocycles. The maximum Gasteiger partial charge on any atom is 0.247 e. The van der Waals surface area contributed by atoms with Gasteiger partial charge in [0.15, 0.2) is 0 Å². The number of hydrogen-bond donors (Lipinski definition) is 3. The van der Waals surface area contributed by atoms with E-state index in [1.807, 2.05) is 0 Å². The highest BCUT2D eigenvalue weighted by molar-refractivity contribution is 7.91. The molecule has 0 aromatic heterocycles. The van der Waals surface area contributed by atoms with Crippen LogP contribution in [0.1, 0.15) is 25.7 Å². The van der Waals surface area contributed by atoms with Crippen LogP contribution in [-0.2, 0) is 14.6 Å². The van der Waals surface area contributed by atoms with Gasteiger partial charge in [-0.05, 0) is 19.3 Å². The van der Waals surface area contributed by atoms with Crippen LogP contribution in [0.25, 0.3) is 0 Å². The second-order valence-corrected chi connectivity index (χ2v) is 6.97. The molecular formula is C10H20N2O4S. The first-order valence-electron chi connectivity index (χ1n) is 5.70. The summed E-state index contributed by atoms with van der Waals surface area (Å²) < 4.78 is 22.9. The van der Waals surface area contributed by atoms with Crippen molar-refractivity contribution in [1.29, 1.82) is 0 Å². The van der Waals surface area contributed by atoms with Crippen molar-refractivity contribution < 1.29 is 18.3 Å². The number of aliphatic hydroxyl groups is 1. The van der Waals surface area contributed by atoms with Crippen LogP contribution in [0, 0.1) is 0 Å². The van der Waals surface area contributed by atoms with E-state index >= 15 is 0 Å². The lowest BCUT2D eigenvalue weighted by molar-refractivity contribution is -0.125. The molecular weight excluding hydrogens is 244 g/mol. The van der Waals surface area contributed by atoms with E-state index in [4.69, 9.17) is 5.73 Å². The number of rotatable bonds is 5. The summed E-state index contributed by atoms with van der Waals surface area (Å²) >= 11 is 0. The molecule has 4 N–H and O–H groups in total. The first-order valence-corrected chi connectivity index (χ1v) is 7.65. The lowest BCUT2D eigenvalue weighted by atomic mass is 9.95. The third kappa shape index (κ3) is 4.61. The van der Waals surface area contributed by atoms with Crippen LogP contribution in [0.5, 0.6) is 0 Å². The molecule has 0 radical (unpaired) electrons. The second-order valence-electron chi connectivity index (χ2n) is 4.64. The number of sulfone groups is 1. The summed E-state index contributed by atoms with van der Waals surface area (Å²) in [6, 6.07) is 0.0254. The van der Waals surface area contributed by atoms with Gasteiger partial charge in [-0.25, -0.2) is 8.42 Å². The number of primary amides is 1. The number of nitrogens with one attached hydrogen (secondary N) is 1. The predicted molar refractivity (Wildman–Crippen MR) is 64.1 cm³/mol. The largest absolute Gasteiger partial charge is 0.382 e. The minimum Gasteiger partial charge on any atom is -0.382 e. The number of nitrogens with two attached hydrogens (primary N) is 1. The quantitative estimate of drug-likeness (QED) is 0.576. The minimum atomic E-state index is -3.01. The van der Waals surface area contributed by atoms with Gasteiger partial charge in [-0.3, -0.25) is 4.79 Å². The van der Waals surface area contributed by atoms with Crippen LogP contribution in [-0.4, -0.2) is 49.6 Å². The summed E-state index contributed by atoms with van der Waals surface area (Å²) in [6.45, 7) is 0.0798. The monoisotopic (exact) mass is 264 g/mol. The van der Waals surface area contributed by atoms with E-state index in [-0.39, 0.29) is 17.8 Å². The zero-order valence-electron chi connectivity index (χ0n) is 9.93. The molecule has 0 saturated heterocycles. The van der Waals surface area contributed by atoms with Gasteiger partial charge in [0.1, 0.15) is 15.9 Å². The van der Waals surface area contributed by atoms with E-state index in [9.17, 15) is 18.3 Å². The summed E-state index contributed by atoms with van der Waals surface area (Å²) in [5, 5.41) is 11.9. The molecule has 1 fully saturated rings. The second kappa shape index (κ2) is 5.79. The van der Waals surface area contributed by atoms with Crippen LogP contribution in [0.4, 0.5) is 0 Å². The summed E-state index contributed by atoms with van der Waals surface area (Å²) in [5.41, 5.74) is 4.92. The molecule has 6 nitrogen and oxygen atoms in total. The van der Waals surface area contributed by atoms with Crippen LogP contribution in [0.2, 0.25) is 0 Å². The molecule has 1 aliphatic carbocycles. The van der Waals surface area contributed by atoms with Gasteiger partial charge in [-0.2, -0.15) is 0 Å². The first-order chi connectivity index (χ1) is 7.80. The van der Waals surface area contributed by atoms with Crippen molar-refractivity contribution in [1.82, 2.24) is 5.32 Å². The Balaban J connectivity index is 2.43. The summed E-state index contributed by atoms with van der Waals surface area (Å²) in [4.78, 5) is 10.6. The highest BCUT2D eigenvalue weighted by atomic mass is 32.2. The molecule has 3 unspecified atom stereocenters. The van der Waals surface area contributed by atoms with Gasteiger partial charge < -0.3 is 16.2 Å². The Hall–Kier alpha value is -0.660. The van der Waals surface area contributed by atoms with Crippen molar-refractivity contribution in [3.8, 4) is 0 Å². The van der Waals surface area contributed by atoms with E-state index in [1.165, 1.54) is 6.26 Å².